The SMILES string of the molecule is CCNC(=O)N(S)c1ccc2ncc(Nc3cc(C#N)ccc3Cl)nc2n1. The molecule has 0 aliphatic carbocycles. The Morgan fingerprint density at radius 2 is 2.15 bits per heavy atom. The van der Waals surface area contributed by atoms with Crippen LogP contribution in [0, 0.1) is 11.3 Å². The first kappa shape index (κ1) is 18.7. The lowest BCUT2D eigenvalue weighted by molar-refractivity contribution is 0.250. The molecular weight excluding hydrogens is 386 g/mol. The lowest BCUT2D eigenvalue weighted by Crippen LogP contribution is -2.34. The van der Waals surface area contributed by atoms with Gasteiger partial charge in [-0.1, -0.05) is 24.4 Å². The molecule has 136 valence electrons. The van der Waals surface area contributed by atoms with Gasteiger partial charge in [-0.3, -0.25) is 0 Å². The van der Waals surface area contributed by atoms with Crippen LogP contribution in [0.25, 0.3) is 11.2 Å². The number of rotatable bonds is 4. The number of pyridine rings is 1. The third kappa shape index (κ3) is 4.19. The molecule has 27 heavy (non-hydrogen) atoms. The van der Waals surface area contributed by atoms with Crippen molar-refractivity contribution in [2.24, 2.45) is 0 Å². The minimum Gasteiger partial charge on any atom is -0.338 e. The summed E-state index contributed by atoms with van der Waals surface area (Å²) in [6.07, 6.45) is 1.53. The lowest BCUT2D eigenvalue weighted by atomic mass is 10.2. The van der Waals surface area contributed by atoms with E-state index >= 15 is 0 Å². The molecule has 0 bridgehead atoms. The number of nitrogens with one attached hydrogen (secondary N) is 2. The van der Waals surface area contributed by atoms with Gasteiger partial charge in [-0.05, 0) is 37.3 Å². The van der Waals surface area contributed by atoms with Crippen LogP contribution in [0.2, 0.25) is 5.02 Å². The number of halogens is 1. The molecule has 0 fully saturated rings. The van der Waals surface area contributed by atoms with Crippen LogP contribution in [0.1, 0.15) is 12.5 Å². The molecule has 3 rings (SSSR count). The number of hydrogen-bond acceptors (Lipinski definition) is 7. The maximum absolute atomic E-state index is 11.9. The zero-order valence-electron chi connectivity index (χ0n) is 14.1. The highest BCUT2D eigenvalue weighted by Crippen LogP contribution is 2.26. The summed E-state index contributed by atoms with van der Waals surface area (Å²) in [7, 11) is 0. The Balaban J connectivity index is 1.92. The highest BCUT2D eigenvalue weighted by molar-refractivity contribution is 7.82. The number of amides is 2. The predicted octanol–water partition coefficient (Wildman–Crippen LogP) is 3.67. The normalized spacial score (nSPS) is 10.3. The van der Waals surface area contributed by atoms with Gasteiger partial charge in [0.05, 0.1) is 28.5 Å². The van der Waals surface area contributed by atoms with Crippen LogP contribution in [0.4, 0.5) is 22.1 Å². The van der Waals surface area contributed by atoms with Gasteiger partial charge in [0.15, 0.2) is 11.5 Å². The monoisotopic (exact) mass is 399 g/mol. The standard InChI is InChI=1S/C17H14ClN7OS/c1-2-20-17(26)25(27)15-6-5-12-16(24-15)23-14(9-21-12)22-13-7-10(8-19)3-4-11(13)18/h3-7,9,27H,2H2,1H3,(H,20,26)(H,22,23,24). The largest absolute Gasteiger partial charge is 0.338 e. The third-order valence-corrected chi connectivity index (χ3v) is 4.20. The fourth-order valence-corrected chi connectivity index (χ4v) is 2.57. The molecule has 2 heterocycles. The van der Waals surface area contributed by atoms with Crippen LogP contribution in [0.3, 0.4) is 0 Å². The highest BCUT2D eigenvalue weighted by atomic mass is 35.5. The number of nitrogens with zero attached hydrogens (tertiary/aromatic N) is 5. The first-order valence-electron chi connectivity index (χ1n) is 7.89. The van der Waals surface area contributed by atoms with Crippen LogP contribution < -0.4 is 14.9 Å². The molecule has 0 aliphatic heterocycles. The van der Waals surface area contributed by atoms with E-state index in [2.05, 4.69) is 44.5 Å². The van der Waals surface area contributed by atoms with Gasteiger partial charge in [-0.15, -0.1) is 0 Å². The van der Waals surface area contributed by atoms with Crippen molar-refractivity contribution in [3.63, 3.8) is 0 Å². The third-order valence-electron chi connectivity index (χ3n) is 3.49. The van der Waals surface area contributed by atoms with E-state index in [0.29, 0.717) is 45.6 Å². The van der Waals surface area contributed by atoms with Gasteiger partial charge in [-0.25, -0.2) is 24.1 Å². The van der Waals surface area contributed by atoms with Gasteiger partial charge in [0.25, 0.3) is 0 Å². The number of benzene rings is 1. The fraction of sp³-hybridized carbons (Fsp3) is 0.118. The number of anilines is 3. The number of fused-ring (bicyclic) bond motifs is 1. The van der Waals surface area contributed by atoms with Crippen LogP contribution in [0.15, 0.2) is 36.5 Å². The number of carbonyl (C=O) groups excluding carboxylic acids is 1. The summed E-state index contributed by atoms with van der Waals surface area (Å²) < 4.78 is 1.10. The molecule has 0 spiro atoms. The smallest absolute Gasteiger partial charge is 0.333 e. The second-order valence-electron chi connectivity index (χ2n) is 5.35. The summed E-state index contributed by atoms with van der Waals surface area (Å²) in [5.41, 5.74) is 1.87. The van der Waals surface area contributed by atoms with Gasteiger partial charge in [-0.2, -0.15) is 5.26 Å². The molecular formula is C17H14ClN7OS. The van der Waals surface area contributed by atoms with Crippen LogP contribution >= 0.6 is 24.4 Å². The zero-order valence-corrected chi connectivity index (χ0v) is 15.8. The topological polar surface area (TPSA) is 107 Å². The van der Waals surface area contributed by atoms with E-state index in [1.54, 1.807) is 30.3 Å². The molecule has 0 saturated heterocycles. The number of carbonyl (C=O) groups is 1. The number of urea groups is 1. The van der Waals surface area contributed by atoms with E-state index in [-0.39, 0.29) is 0 Å². The van der Waals surface area contributed by atoms with E-state index in [4.69, 9.17) is 16.9 Å². The Morgan fingerprint density at radius 1 is 1.33 bits per heavy atom. The van der Waals surface area contributed by atoms with Gasteiger partial charge >= 0.3 is 6.03 Å². The van der Waals surface area contributed by atoms with Crippen molar-refractivity contribution in [3.05, 3.63) is 47.1 Å². The summed E-state index contributed by atoms with van der Waals surface area (Å²) in [6, 6.07) is 9.84. The average Bonchev–Trinajstić information content (AvgIpc) is 2.68. The molecule has 1 aromatic carbocycles. The Morgan fingerprint density at radius 3 is 2.89 bits per heavy atom. The van der Waals surface area contributed by atoms with Crippen molar-refractivity contribution < 1.29 is 4.79 Å². The number of thiol groups is 1. The van der Waals surface area contributed by atoms with E-state index in [1.165, 1.54) is 6.20 Å². The van der Waals surface area contributed by atoms with Crippen LogP contribution in [0.5, 0.6) is 0 Å². The summed E-state index contributed by atoms with van der Waals surface area (Å²) in [5, 5.41) is 15.1. The van der Waals surface area contributed by atoms with Gasteiger partial charge < -0.3 is 10.6 Å². The summed E-state index contributed by atoms with van der Waals surface area (Å²) >= 11 is 10.3. The Kier molecular flexibility index (Phi) is 5.59. The van der Waals surface area contributed by atoms with Gasteiger partial charge in [0.2, 0.25) is 0 Å². The minimum absolute atomic E-state index is 0.313. The van der Waals surface area contributed by atoms with Gasteiger partial charge in [0.1, 0.15) is 11.3 Å². The second kappa shape index (κ2) is 8.07. The zero-order chi connectivity index (χ0) is 19.4. The van der Waals surface area contributed by atoms with Crippen LogP contribution in [-0.4, -0.2) is 27.5 Å². The highest BCUT2D eigenvalue weighted by Gasteiger charge is 2.14. The van der Waals surface area contributed by atoms with E-state index in [9.17, 15) is 4.79 Å². The van der Waals surface area contributed by atoms with E-state index in [0.717, 1.165) is 4.31 Å². The summed E-state index contributed by atoms with van der Waals surface area (Å²) in [5.74, 6) is 0.709. The molecule has 0 atom stereocenters. The molecule has 0 radical (unpaired) electrons. The molecule has 0 unspecified atom stereocenters. The first-order chi connectivity index (χ1) is 13.0. The number of hydrogen-bond donors (Lipinski definition) is 3. The van der Waals surface area contributed by atoms with Crippen molar-refractivity contribution in [3.8, 4) is 6.07 Å². The van der Waals surface area contributed by atoms with E-state index in [1.807, 2.05) is 6.92 Å². The Bertz CT molecular complexity index is 1050. The lowest BCUT2D eigenvalue weighted by Gasteiger charge is -2.15. The fourth-order valence-electron chi connectivity index (χ4n) is 2.22. The predicted molar refractivity (Wildman–Crippen MR) is 107 cm³/mol. The quantitative estimate of drug-likeness (QED) is 0.578. The van der Waals surface area contributed by atoms with Crippen molar-refractivity contribution in [1.29, 1.82) is 5.26 Å². The number of nitriles is 1. The number of aromatic nitrogens is 3. The Hall–Kier alpha value is -3.09. The maximum Gasteiger partial charge on any atom is 0.333 e. The van der Waals surface area contributed by atoms with Crippen LogP contribution in [-0.2, 0) is 0 Å². The molecule has 10 heteroatoms. The summed E-state index contributed by atoms with van der Waals surface area (Å²) in [4.78, 5) is 24.9. The van der Waals surface area contributed by atoms with Gasteiger partial charge in [0, 0.05) is 6.54 Å². The van der Waals surface area contributed by atoms with E-state index < -0.39 is 6.03 Å². The van der Waals surface area contributed by atoms with Crippen molar-refractivity contribution in [2.75, 3.05) is 16.2 Å². The summed E-state index contributed by atoms with van der Waals surface area (Å²) in [6.45, 7) is 2.28. The molecule has 8 nitrogen and oxygen atoms in total. The Labute approximate surface area is 165 Å². The first-order valence-corrected chi connectivity index (χ1v) is 8.67. The van der Waals surface area contributed by atoms with Crippen molar-refractivity contribution >= 4 is 58.9 Å². The molecule has 2 aromatic heterocycles. The maximum atomic E-state index is 11.9. The molecule has 3 aromatic rings. The molecule has 2 N–H and O–H groups in total. The molecule has 0 aliphatic rings. The molecule has 0 saturated carbocycles. The van der Waals surface area contributed by atoms with Crippen molar-refractivity contribution in [1.82, 2.24) is 20.3 Å². The average molecular weight is 400 g/mol. The second-order valence-corrected chi connectivity index (χ2v) is 6.15. The minimum atomic E-state index is -0.393. The molecule has 2 amide bonds. The van der Waals surface area contributed by atoms with Crippen molar-refractivity contribution in [2.45, 2.75) is 6.92 Å².